The van der Waals surface area contributed by atoms with Crippen molar-refractivity contribution >= 4 is 11.8 Å². The third-order valence-electron chi connectivity index (χ3n) is 6.21. The Labute approximate surface area is 200 Å². The molecule has 0 bridgehead atoms. The summed E-state index contributed by atoms with van der Waals surface area (Å²) >= 11 is 0. The Morgan fingerprint density at radius 1 is 0.971 bits per heavy atom. The molecule has 182 valence electrons. The van der Waals surface area contributed by atoms with Crippen LogP contribution in [-0.2, 0) is 16.1 Å². The minimum absolute atomic E-state index is 0.0222. The highest BCUT2D eigenvalue weighted by Gasteiger charge is 2.33. The molecule has 1 saturated carbocycles. The highest BCUT2D eigenvalue weighted by atomic mass is 16.5. The van der Waals surface area contributed by atoms with Crippen LogP contribution in [0.1, 0.15) is 28.8 Å². The zero-order chi connectivity index (χ0) is 24.1. The van der Waals surface area contributed by atoms with E-state index < -0.39 is 0 Å². The largest absolute Gasteiger partial charge is 0.493 e. The molecule has 34 heavy (non-hydrogen) atoms. The van der Waals surface area contributed by atoms with Gasteiger partial charge < -0.3 is 28.7 Å². The highest BCUT2D eigenvalue weighted by molar-refractivity contribution is 5.98. The van der Waals surface area contributed by atoms with Crippen molar-refractivity contribution in [3.63, 3.8) is 0 Å². The normalized spacial score (nSPS) is 18.4. The summed E-state index contributed by atoms with van der Waals surface area (Å²) in [6, 6.07) is 13.1. The molecule has 0 radical (unpaired) electrons. The summed E-state index contributed by atoms with van der Waals surface area (Å²) in [5.74, 6) is 1.38. The molecule has 4 rings (SSSR count). The number of hydrogen-bond donors (Lipinski definition) is 0. The van der Waals surface area contributed by atoms with Gasteiger partial charge in [-0.25, -0.2) is 0 Å². The highest BCUT2D eigenvalue weighted by Crippen LogP contribution is 2.38. The van der Waals surface area contributed by atoms with Gasteiger partial charge in [-0.2, -0.15) is 0 Å². The predicted octanol–water partition coefficient (Wildman–Crippen LogP) is 2.99. The lowest BCUT2D eigenvalue weighted by Gasteiger charge is -2.25. The zero-order valence-corrected chi connectivity index (χ0v) is 20.0. The van der Waals surface area contributed by atoms with Crippen molar-refractivity contribution in [1.29, 1.82) is 0 Å². The lowest BCUT2D eigenvalue weighted by atomic mass is 10.1. The number of nitrogens with zero attached hydrogens (tertiary/aromatic N) is 2. The average molecular weight is 469 g/mol. The number of carbonyl (C=O) groups is 2. The first-order chi connectivity index (χ1) is 16.5. The first-order valence-electron chi connectivity index (χ1n) is 11.5. The van der Waals surface area contributed by atoms with Gasteiger partial charge in [-0.15, -0.1) is 0 Å². The van der Waals surface area contributed by atoms with E-state index in [4.69, 9.17) is 18.9 Å². The molecule has 2 aromatic carbocycles. The molecule has 1 saturated heterocycles. The summed E-state index contributed by atoms with van der Waals surface area (Å²) in [6.45, 7) is 1.89. The van der Waals surface area contributed by atoms with E-state index in [1.54, 1.807) is 21.9 Å². The number of rotatable bonds is 9. The minimum Gasteiger partial charge on any atom is -0.493 e. The van der Waals surface area contributed by atoms with Gasteiger partial charge in [-0.05, 0) is 36.5 Å². The van der Waals surface area contributed by atoms with Crippen LogP contribution < -0.4 is 14.2 Å². The van der Waals surface area contributed by atoms with Crippen LogP contribution in [0.3, 0.4) is 0 Å². The van der Waals surface area contributed by atoms with E-state index in [0.29, 0.717) is 55.0 Å². The molecule has 2 aliphatic rings. The number of methoxy groups -OCH3 is 3. The van der Waals surface area contributed by atoms with Gasteiger partial charge in [0.15, 0.2) is 11.5 Å². The van der Waals surface area contributed by atoms with E-state index in [9.17, 15) is 9.59 Å². The monoisotopic (exact) mass is 468 g/mol. The van der Waals surface area contributed by atoms with Gasteiger partial charge in [0.05, 0.1) is 27.4 Å². The van der Waals surface area contributed by atoms with Gasteiger partial charge in [0.1, 0.15) is 6.54 Å². The maximum atomic E-state index is 13.5. The van der Waals surface area contributed by atoms with Crippen LogP contribution in [0.15, 0.2) is 42.5 Å². The topological polar surface area (TPSA) is 77.5 Å². The molecule has 1 aliphatic carbocycles. The molecule has 8 heteroatoms. The molecule has 0 N–H and O–H groups in total. The number of hydrogen-bond acceptors (Lipinski definition) is 6. The molecule has 1 atom stereocenters. The summed E-state index contributed by atoms with van der Waals surface area (Å²) in [5, 5.41) is 0. The smallest absolute Gasteiger partial charge is 0.254 e. The second-order valence-electron chi connectivity index (χ2n) is 8.76. The minimum atomic E-state index is -0.283. The van der Waals surface area contributed by atoms with E-state index in [1.165, 1.54) is 34.2 Å². The molecule has 2 aromatic rings. The third kappa shape index (κ3) is 5.62. The summed E-state index contributed by atoms with van der Waals surface area (Å²) in [6.07, 6.45) is 2.09. The van der Waals surface area contributed by atoms with Crippen LogP contribution in [-0.4, -0.2) is 75.3 Å². The van der Waals surface area contributed by atoms with Crippen LogP contribution >= 0.6 is 0 Å². The van der Waals surface area contributed by atoms with Crippen molar-refractivity contribution in [2.45, 2.75) is 25.5 Å². The fraction of sp³-hybridized carbons (Fsp3) is 0.462. The fourth-order valence-corrected chi connectivity index (χ4v) is 4.14. The second kappa shape index (κ2) is 10.8. The Morgan fingerprint density at radius 2 is 1.65 bits per heavy atom. The number of benzene rings is 2. The predicted molar refractivity (Wildman–Crippen MR) is 126 cm³/mol. The molecular formula is C26H32N2O6. The molecule has 8 nitrogen and oxygen atoms in total. The van der Waals surface area contributed by atoms with E-state index >= 15 is 0 Å². The summed E-state index contributed by atoms with van der Waals surface area (Å²) < 4.78 is 22.4. The van der Waals surface area contributed by atoms with Gasteiger partial charge in [0.25, 0.3) is 5.91 Å². The van der Waals surface area contributed by atoms with Gasteiger partial charge in [-0.3, -0.25) is 9.59 Å². The Balaban J connectivity index is 1.57. The summed E-state index contributed by atoms with van der Waals surface area (Å²) in [4.78, 5) is 30.1. The Kier molecular flexibility index (Phi) is 7.57. The van der Waals surface area contributed by atoms with Crippen LogP contribution in [0.4, 0.5) is 0 Å². The first-order valence-corrected chi connectivity index (χ1v) is 11.5. The van der Waals surface area contributed by atoms with Crippen LogP contribution in [0.5, 0.6) is 17.2 Å². The van der Waals surface area contributed by atoms with Crippen LogP contribution in [0, 0.1) is 5.92 Å². The van der Waals surface area contributed by atoms with E-state index in [0.717, 1.165) is 5.56 Å². The fourth-order valence-electron chi connectivity index (χ4n) is 4.14. The van der Waals surface area contributed by atoms with Gasteiger partial charge in [-0.1, -0.05) is 30.3 Å². The zero-order valence-electron chi connectivity index (χ0n) is 20.0. The van der Waals surface area contributed by atoms with E-state index in [2.05, 4.69) is 0 Å². The maximum absolute atomic E-state index is 13.5. The SMILES string of the molecule is COc1cc(C(=O)N2CC(=O)N(Cc3ccccc3)C[C@H](OCC3CC3)C2)cc(OC)c1OC. The molecule has 0 aromatic heterocycles. The van der Waals surface area contributed by atoms with Crippen molar-refractivity contribution in [2.75, 3.05) is 47.6 Å². The molecule has 2 amide bonds. The second-order valence-corrected chi connectivity index (χ2v) is 8.76. The Hall–Kier alpha value is -3.26. The molecule has 1 aliphatic heterocycles. The van der Waals surface area contributed by atoms with Gasteiger partial charge >= 0.3 is 0 Å². The summed E-state index contributed by atoms with van der Waals surface area (Å²) in [5.41, 5.74) is 1.40. The van der Waals surface area contributed by atoms with Crippen molar-refractivity contribution < 1.29 is 28.5 Å². The molecule has 0 unspecified atom stereocenters. The third-order valence-corrected chi connectivity index (χ3v) is 6.21. The average Bonchev–Trinajstić information content (AvgIpc) is 3.70. The molecule has 1 heterocycles. The van der Waals surface area contributed by atoms with E-state index in [-0.39, 0.29) is 24.5 Å². The summed E-state index contributed by atoms with van der Waals surface area (Å²) in [7, 11) is 4.52. The van der Waals surface area contributed by atoms with Crippen molar-refractivity contribution in [2.24, 2.45) is 5.92 Å². The molecular weight excluding hydrogens is 436 g/mol. The molecule has 0 spiro atoms. The quantitative estimate of drug-likeness (QED) is 0.563. The standard InChI is InChI=1S/C26H32N2O6/c1-31-22-11-20(12-23(32-2)25(22)33-3)26(30)28-15-21(34-17-19-9-10-19)14-27(24(29)16-28)13-18-7-5-4-6-8-18/h4-8,11-12,19,21H,9-10,13-17H2,1-3H3/t21-/m0/s1. The number of amides is 2. The Morgan fingerprint density at radius 3 is 2.24 bits per heavy atom. The van der Waals surface area contributed by atoms with Crippen LogP contribution in [0.2, 0.25) is 0 Å². The van der Waals surface area contributed by atoms with E-state index in [1.807, 2.05) is 30.3 Å². The lowest BCUT2D eigenvalue weighted by Crippen LogP contribution is -2.39. The maximum Gasteiger partial charge on any atom is 0.254 e. The van der Waals surface area contributed by atoms with Crippen molar-refractivity contribution in [3.05, 3.63) is 53.6 Å². The number of ether oxygens (including phenoxy) is 4. The number of carbonyl (C=O) groups excluding carboxylic acids is 2. The molecule has 2 fully saturated rings. The van der Waals surface area contributed by atoms with Gasteiger partial charge in [0, 0.05) is 31.8 Å². The van der Waals surface area contributed by atoms with Crippen molar-refractivity contribution in [3.8, 4) is 17.2 Å². The van der Waals surface area contributed by atoms with Gasteiger partial charge in [0.2, 0.25) is 11.7 Å². The first kappa shape index (κ1) is 23.9. The van der Waals surface area contributed by atoms with Crippen molar-refractivity contribution in [1.82, 2.24) is 9.80 Å². The van der Waals surface area contributed by atoms with Crippen LogP contribution in [0.25, 0.3) is 0 Å². The lowest BCUT2D eigenvalue weighted by molar-refractivity contribution is -0.132. The Bertz CT molecular complexity index is 983.